The third kappa shape index (κ3) is 4.40. The highest BCUT2D eigenvalue weighted by Crippen LogP contribution is 2.24. The molecular weight excluding hydrogens is 292 g/mol. The van der Waals surface area contributed by atoms with Crippen molar-refractivity contribution in [1.29, 1.82) is 0 Å². The van der Waals surface area contributed by atoms with Gasteiger partial charge in [-0.05, 0) is 49.8 Å². The third-order valence-electron chi connectivity index (χ3n) is 3.26. The minimum absolute atomic E-state index is 0.397. The van der Waals surface area contributed by atoms with Gasteiger partial charge in [0.1, 0.15) is 0 Å². The summed E-state index contributed by atoms with van der Waals surface area (Å²) < 4.78 is 27.5. The largest absolute Gasteiger partial charge is 0.388 e. The van der Waals surface area contributed by atoms with Gasteiger partial charge in [-0.1, -0.05) is 6.92 Å². The van der Waals surface area contributed by atoms with Crippen LogP contribution in [-0.4, -0.2) is 33.5 Å². The quantitative estimate of drug-likeness (QED) is 0.812. The van der Waals surface area contributed by atoms with Crippen LogP contribution in [0.5, 0.6) is 0 Å². The van der Waals surface area contributed by atoms with Gasteiger partial charge in [0, 0.05) is 24.5 Å². The van der Waals surface area contributed by atoms with Gasteiger partial charge in [-0.25, -0.2) is 13.1 Å². The summed E-state index contributed by atoms with van der Waals surface area (Å²) in [7, 11) is -1.61. The molecule has 0 radical (unpaired) electrons. The molecule has 1 rings (SSSR count). The zero-order valence-corrected chi connectivity index (χ0v) is 14.4. The van der Waals surface area contributed by atoms with Crippen LogP contribution in [0, 0.1) is 13.8 Å². The van der Waals surface area contributed by atoms with Crippen LogP contribution in [0.2, 0.25) is 0 Å². The molecule has 114 valence electrons. The van der Waals surface area contributed by atoms with Crippen molar-refractivity contribution in [3.05, 3.63) is 23.3 Å². The first kappa shape index (κ1) is 17.3. The van der Waals surface area contributed by atoms with E-state index in [1.54, 1.807) is 11.8 Å². The van der Waals surface area contributed by atoms with Gasteiger partial charge in [0.15, 0.2) is 0 Å². The number of thioether (sulfide) groups is 1. The van der Waals surface area contributed by atoms with Gasteiger partial charge in [0.2, 0.25) is 10.0 Å². The van der Waals surface area contributed by atoms with E-state index in [1.807, 2.05) is 39.3 Å². The summed E-state index contributed by atoms with van der Waals surface area (Å²) >= 11 is 1.74. The van der Waals surface area contributed by atoms with E-state index in [-0.39, 0.29) is 0 Å². The van der Waals surface area contributed by atoms with Gasteiger partial charge >= 0.3 is 0 Å². The minimum Gasteiger partial charge on any atom is -0.388 e. The van der Waals surface area contributed by atoms with E-state index < -0.39 is 10.0 Å². The summed E-state index contributed by atoms with van der Waals surface area (Å²) in [4.78, 5) is 0.397. The van der Waals surface area contributed by atoms with Crippen molar-refractivity contribution in [3.63, 3.8) is 0 Å². The second-order valence-electron chi connectivity index (χ2n) is 4.92. The Labute approximate surface area is 126 Å². The Morgan fingerprint density at radius 2 is 1.80 bits per heavy atom. The maximum absolute atomic E-state index is 12.4. The highest BCUT2D eigenvalue weighted by atomic mass is 32.2. The van der Waals surface area contributed by atoms with Crippen molar-refractivity contribution in [3.8, 4) is 0 Å². The topological polar surface area (TPSA) is 58.2 Å². The Morgan fingerprint density at radius 3 is 2.25 bits per heavy atom. The van der Waals surface area contributed by atoms with Crippen LogP contribution < -0.4 is 10.0 Å². The van der Waals surface area contributed by atoms with Crippen LogP contribution in [-0.2, 0) is 10.0 Å². The van der Waals surface area contributed by atoms with Gasteiger partial charge in [0.05, 0.1) is 4.90 Å². The minimum atomic E-state index is -3.44. The molecule has 20 heavy (non-hydrogen) atoms. The van der Waals surface area contributed by atoms with E-state index in [9.17, 15) is 8.42 Å². The van der Waals surface area contributed by atoms with E-state index >= 15 is 0 Å². The summed E-state index contributed by atoms with van der Waals surface area (Å²) in [5.41, 5.74) is 2.45. The summed E-state index contributed by atoms with van der Waals surface area (Å²) in [5.74, 6) is 0. The third-order valence-corrected chi connectivity index (χ3v) is 6.07. The lowest BCUT2D eigenvalue weighted by molar-refractivity contribution is 0.577. The van der Waals surface area contributed by atoms with E-state index in [4.69, 9.17) is 0 Å². The van der Waals surface area contributed by atoms with E-state index in [0.29, 0.717) is 16.7 Å². The smallest absolute Gasteiger partial charge is 0.241 e. The molecule has 6 heteroatoms. The maximum Gasteiger partial charge on any atom is 0.241 e. The zero-order chi connectivity index (χ0) is 15.3. The molecule has 1 aromatic carbocycles. The molecule has 0 spiro atoms. The number of nitrogens with one attached hydrogen (secondary N) is 2. The molecular formula is C14H24N2O2S2. The SMILES string of the molecule is CNc1cc(C)c(S(=O)(=O)NCCC(C)SC)c(C)c1. The van der Waals surface area contributed by atoms with Crippen molar-refractivity contribution >= 4 is 27.5 Å². The fourth-order valence-electron chi connectivity index (χ4n) is 2.11. The maximum atomic E-state index is 12.4. The van der Waals surface area contributed by atoms with Gasteiger partial charge in [-0.2, -0.15) is 11.8 Å². The molecule has 4 nitrogen and oxygen atoms in total. The lowest BCUT2D eigenvalue weighted by Crippen LogP contribution is -2.27. The average molecular weight is 316 g/mol. The van der Waals surface area contributed by atoms with E-state index in [2.05, 4.69) is 17.0 Å². The number of hydrogen-bond donors (Lipinski definition) is 2. The molecule has 2 N–H and O–H groups in total. The molecule has 1 atom stereocenters. The Bertz CT molecular complexity index is 533. The molecule has 0 saturated carbocycles. The Hall–Kier alpha value is -0.720. The molecule has 0 aliphatic rings. The standard InChI is InChI=1S/C14H24N2O2S2/c1-10-8-13(15-4)9-11(2)14(10)20(17,18)16-7-6-12(3)19-5/h8-9,12,15-16H,6-7H2,1-5H3. The monoisotopic (exact) mass is 316 g/mol. The van der Waals surface area contributed by atoms with Gasteiger partial charge < -0.3 is 5.32 Å². The van der Waals surface area contributed by atoms with Crippen molar-refractivity contribution in [2.45, 2.75) is 37.3 Å². The molecule has 0 aliphatic heterocycles. The predicted octanol–water partition coefficient (Wildman–Crippen LogP) is 2.77. The average Bonchev–Trinajstić information content (AvgIpc) is 2.36. The van der Waals surface area contributed by atoms with Crippen LogP contribution in [0.4, 0.5) is 5.69 Å². The summed E-state index contributed by atoms with van der Waals surface area (Å²) in [6, 6.07) is 3.71. The first-order valence-corrected chi connectivity index (χ1v) is 9.40. The van der Waals surface area contributed by atoms with E-state index in [0.717, 1.165) is 23.2 Å². The lowest BCUT2D eigenvalue weighted by atomic mass is 10.1. The Morgan fingerprint density at radius 1 is 1.25 bits per heavy atom. The summed E-state index contributed by atoms with van der Waals surface area (Å²) in [6.07, 6.45) is 2.86. The van der Waals surface area contributed by atoms with Crippen LogP contribution in [0.25, 0.3) is 0 Å². The molecule has 0 amide bonds. The van der Waals surface area contributed by atoms with Crippen molar-refractivity contribution < 1.29 is 8.42 Å². The highest BCUT2D eigenvalue weighted by Gasteiger charge is 2.19. The zero-order valence-electron chi connectivity index (χ0n) is 12.8. The molecule has 1 aromatic rings. The number of hydrogen-bond acceptors (Lipinski definition) is 4. The van der Waals surface area contributed by atoms with Crippen LogP contribution in [0.1, 0.15) is 24.5 Å². The number of anilines is 1. The normalized spacial score (nSPS) is 13.2. The van der Waals surface area contributed by atoms with Crippen LogP contribution >= 0.6 is 11.8 Å². The number of rotatable bonds is 7. The second-order valence-corrected chi connectivity index (χ2v) is 7.90. The molecule has 0 fully saturated rings. The molecule has 0 aliphatic carbocycles. The summed E-state index contributed by atoms with van der Waals surface area (Å²) in [5, 5.41) is 3.49. The number of aryl methyl sites for hydroxylation is 2. The van der Waals surface area contributed by atoms with Crippen LogP contribution in [0.15, 0.2) is 17.0 Å². The van der Waals surface area contributed by atoms with Crippen molar-refractivity contribution in [2.75, 3.05) is 25.2 Å². The fourth-order valence-corrected chi connectivity index (χ4v) is 3.96. The van der Waals surface area contributed by atoms with Gasteiger partial charge in [0.25, 0.3) is 0 Å². The number of benzene rings is 1. The lowest BCUT2D eigenvalue weighted by Gasteiger charge is -2.15. The number of sulfonamides is 1. The Balaban J connectivity index is 2.93. The molecule has 1 unspecified atom stereocenters. The molecule has 0 bridgehead atoms. The van der Waals surface area contributed by atoms with E-state index in [1.165, 1.54) is 0 Å². The second kappa shape index (κ2) is 7.33. The van der Waals surface area contributed by atoms with Crippen LogP contribution in [0.3, 0.4) is 0 Å². The fraction of sp³-hybridized carbons (Fsp3) is 0.571. The summed E-state index contributed by atoms with van der Waals surface area (Å²) in [6.45, 7) is 6.22. The van der Waals surface area contributed by atoms with Gasteiger partial charge in [-0.3, -0.25) is 0 Å². The predicted molar refractivity (Wildman–Crippen MR) is 88.2 cm³/mol. The Kier molecular flexibility index (Phi) is 6.36. The van der Waals surface area contributed by atoms with Crippen molar-refractivity contribution in [2.24, 2.45) is 0 Å². The molecule has 0 saturated heterocycles. The highest BCUT2D eigenvalue weighted by molar-refractivity contribution is 7.99. The first-order chi connectivity index (χ1) is 9.31. The van der Waals surface area contributed by atoms with Gasteiger partial charge in [-0.15, -0.1) is 0 Å². The molecule has 0 aromatic heterocycles. The van der Waals surface area contributed by atoms with Crippen molar-refractivity contribution in [1.82, 2.24) is 4.72 Å². The first-order valence-electron chi connectivity index (χ1n) is 6.63. The molecule has 0 heterocycles.